The van der Waals surface area contributed by atoms with E-state index in [1.807, 2.05) is 0 Å². The number of hydrogen-bond acceptors (Lipinski definition) is 3. The van der Waals surface area contributed by atoms with Gasteiger partial charge in [-0.3, -0.25) is 14.2 Å². The Hall–Kier alpha value is -1.75. The molecule has 3 rings (SSSR count). The molecule has 13 heteroatoms. The highest BCUT2D eigenvalue weighted by Crippen LogP contribution is 2.36. The highest BCUT2D eigenvalue weighted by molar-refractivity contribution is 9.10. The first-order chi connectivity index (χ1) is 13.5. The van der Waals surface area contributed by atoms with Crippen LogP contribution in [0.5, 0.6) is 0 Å². The second kappa shape index (κ2) is 8.17. The number of alkyl halides is 3. The first-order valence-corrected chi connectivity index (χ1v) is 9.68. The summed E-state index contributed by atoms with van der Waals surface area (Å²) in [5.41, 5.74) is -0.757. The monoisotopic (exact) mass is 529 g/mol. The Labute approximate surface area is 185 Å². The van der Waals surface area contributed by atoms with E-state index < -0.39 is 27.9 Å². The molecule has 2 aromatic heterocycles. The molecule has 0 saturated heterocycles. The van der Waals surface area contributed by atoms with Crippen LogP contribution in [-0.4, -0.2) is 25.5 Å². The molecule has 6 nitrogen and oxygen atoms in total. The zero-order valence-electron chi connectivity index (χ0n) is 14.4. The van der Waals surface area contributed by atoms with E-state index in [4.69, 9.17) is 34.8 Å². The number of aromatic nitrogens is 4. The Bertz CT molecular complexity index is 1100. The number of nitrogens with one attached hydrogen (secondary N) is 1. The van der Waals surface area contributed by atoms with Crippen molar-refractivity contribution in [3.63, 3.8) is 0 Å². The minimum absolute atomic E-state index is 0.0251. The molecule has 1 aromatic carbocycles. The van der Waals surface area contributed by atoms with Crippen LogP contribution in [0.1, 0.15) is 21.7 Å². The molecule has 0 bridgehead atoms. The molecule has 0 saturated carbocycles. The van der Waals surface area contributed by atoms with Gasteiger partial charge in [-0.25, -0.2) is 0 Å². The maximum absolute atomic E-state index is 13.1. The zero-order chi connectivity index (χ0) is 21.5. The molecular weight excluding hydrogens is 521 g/mol. The second-order valence-electron chi connectivity index (χ2n) is 5.86. The van der Waals surface area contributed by atoms with Gasteiger partial charge in [-0.05, 0) is 33.6 Å². The topological polar surface area (TPSA) is 64.7 Å². The molecule has 0 atom stereocenters. The third-order valence-corrected chi connectivity index (χ3v) is 5.52. The molecule has 154 valence electrons. The van der Waals surface area contributed by atoms with E-state index in [-0.39, 0.29) is 17.4 Å². The maximum atomic E-state index is 13.1. The lowest BCUT2D eigenvalue weighted by Crippen LogP contribution is -2.14. The van der Waals surface area contributed by atoms with Gasteiger partial charge in [0.25, 0.3) is 5.91 Å². The van der Waals surface area contributed by atoms with Gasteiger partial charge in [-0.1, -0.05) is 40.9 Å². The quantitative estimate of drug-likeness (QED) is 0.473. The van der Waals surface area contributed by atoms with E-state index in [1.165, 1.54) is 10.9 Å². The minimum Gasteiger partial charge on any atom is -0.302 e. The largest absolute Gasteiger partial charge is 0.434 e. The molecule has 0 fully saturated rings. The van der Waals surface area contributed by atoms with Crippen LogP contribution >= 0.6 is 50.7 Å². The minimum atomic E-state index is -4.68. The molecule has 1 N–H and O–H groups in total. The number of halogens is 7. The second-order valence-corrected chi connectivity index (χ2v) is 7.87. The van der Waals surface area contributed by atoms with E-state index >= 15 is 0 Å². The Morgan fingerprint density at radius 3 is 2.45 bits per heavy atom. The molecule has 2 heterocycles. The summed E-state index contributed by atoms with van der Waals surface area (Å²) in [5, 5.41) is 11.0. The lowest BCUT2D eigenvalue weighted by molar-refractivity contribution is -0.144. The third-order valence-electron chi connectivity index (χ3n) is 3.75. The lowest BCUT2D eigenvalue weighted by atomic mass is 10.2. The molecule has 0 aliphatic rings. The predicted octanol–water partition coefficient (Wildman–Crippen LogP) is 5.66. The molecule has 0 aliphatic heterocycles. The van der Waals surface area contributed by atoms with Crippen LogP contribution in [0.25, 0.3) is 0 Å². The molecule has 0 unspecified atom stereocenters. The number of amides is 1. The third kappa shape index (κ3) is 4.71. The van der Waals surface area contributed by atoms with Crippen LogP contribution in [0.15, 0.2) is 28.9 Å². The number of aryl methyl sites for hydroxylation is 1. The fourth-order valence-electron chi connectivity index (χ4n) is 2.51. The van der Waals surface area contributed by atoms with E-state index in [0.29, 0.717) is 14.7 Å². The molecular formula is C16H10BrCl3F3N5O. The van der Waals surface area contributed by atoms with Crippen molar-refractivity contribution in [1.29, 1.82) is 0 Å². The molecule has 3 aromatic rings. The van der Waals surface area contributed by atoms with Gasteiger partial charge in [0, 0.05) is 13.2 Å². The van der Waals surface area contributed by atoms with Crippen LogP contribution in [0.2, 0.25) is 15.1 Å². The summed E-state index contributed by atoms with van der Waals surface area (Å²) in [5.74, 6) is -0.924. The average molecular weight is 532 g/mol. The Kier molecular flexibility index (Phi) is 6.19. The Balaban J connectivity index is 1.81. The van der Waals surface area contributed by atoms with Crippen LogP contribution < -0.4 is 5.32 Å². The fourth-order valence-corrected chi connectivity index (χ4v) is 3.76. The van der Waals surface area contributed by atoms with Crippen molar-refractivity contribution >= 4 is 62.5 Å². The van der Waals surface area contributed by atoms with Crippen LogP contribution in [0.4, 0.5) is 19.0 Å². The first-order valence-electron chi connectivity index (χ1n) is 7.75. The molecule has 0 aliphatic carbocycles. The van der Waals surface area contributed by atoms with Gasteiger partial charge in [0.2, 0.25) is 0 Å². The van der Waals surface area contributed by atoms with Crippen molar-refractivity contribution in [3.05, 3.63) is 60.9 Å². The summed E-state index contributed by atoms with van der Waals surface area (Å²) in [4.78, 5) is 12.4. The van der Waals surface area contributed by atoms with Gasteiger partial charge in [-0.2, -0.15) is 23.4 Å². The first kappa shape index (κ1) is 21.9. The number of carbonyl (C=O) groups is 1. The van der Waals surface area contributed by atoms with Crippen LogP contribution in [-0.2, 0) is 19.8 Å². The lowest BCUT2D eigenvalue weighted by Gasteiger charge is -2.06. The Morgan fingerprint density at radius 1 is 1.17 bits per heavy atom. The predicted molar refractivity (Wildman–Crippen MR) is 107 cm³/mol. The normalized spacial score (nSPS) is 11.7. The summed E-state index contributed by atoms with van der Waals surface area (Å²) >= 11 is 20.7. The van der Waals surface area contributed by atoms with Crippen molar-refractivity contribution in [1.82, 2.24) is 19.6 Å². The van der Waals surface area contributed by atoms with Crippen molar-refractivity contribution in [3.8, 4) is 0 Å². The van der Waals surface area contributed by atoms with Gasteiger partial charge < -0.3 is 5.32 Å². The van der Waals surface area contributed by atoms with Gasteiger partial charge in [0.05, 0.1) is 21.1 Å². The fraction of sp³-hybridized carbons (Fsp3) is 0.188. The summed E-state index contributed by atoms with van der Waals surface area (Å²) in [6, 6.07) is 5.02. The van der Waals surface area contributed by atoms with Gasteiger partial charge in [-0.15, -0.1) is 0 Å². The van der Waals surface area contributed by atoms with Gasteiger partial charge >= 0.3 is 6.18 Å². The van der Waals surface area contributed by atoms with Crippen molar-refractivity contribution in [2.24, 2.45) is 7.05 Å². The Morgan fingerprint density at radius 2 is 1.86 bits per heavy atom. The van der Waals surface area contributed by atoms with Gasteiger partial charge in [0.1, 0.15) is 5.02 Å². The highest BCUT2D eigenvalue weighted by atomic mass is 79.9. The number of hydrogen-bond donors (Lipinski definition) is 1. The van der Waals surface area contributed by atoms with E-state index in [2.05, 4.69) is 31.4 Å². The van der Waals surface area contributed by atoms with Crippen LogP contribution in [0.3, 0.4) is 0 Å². The number of anilines is 1. The summed E-state index contributed by atoms with van der Waals surface area (Å²) in [6.45, 7) is 0.276. The SMILES string of the molecule is Cn1nc(C(=O)Nc2nn(Cc3ccc(Cl)c(Cl)c3)cc2Cl)c(Br)c1C(F)(F)F. The molecule has 29 heavy (non-hydrogen) atoms. The number of carbonyl (C=O) groups excluding carboxylic acids is 1. The standard InChI is InChI=1S/C16H10BrCl3F3N5O/c1-27-13(16(21,22)23)11(17)12(25-27)15(29)24-14-10(20)6-28(26-14)5-7-2-3-8(18)9(19)4-7/h2-4,6H,5H2,1H3,(H,24,26,29). The maximum Gasteiger partial charge on any atom is 0.434 e. The summed E-state index contributed by atoms with van der Waals surface area (Å²) in [6.07, 6.45) is -3.23. The summed E-state index contributed by atoms with van der Waals surface area (Å²) in [7, 11) is 1.09. The van der Waals surface area contributed by atoms with Gasteiger partial charge in [0.15, 0.2) is 17.2 Å². The van der Waals surface area contributed by atoms with E-state index in [1.54, 1.807) is 18.2 Å². The average Bonchev–Trinajstić information content (AvgIpc) is 3.09. The van der Waals surface area contributed by atoms with Crippen molar-refractivity contribution in [2.75, 3.05) is 5.32 Å². The number of benzene rings is 1. The summed E-state index contributed by atoms with van der Waals surface area (Å²) < 4.78 is 40.7. The molecule has 0 radical (unpaired) electrons. The zero-order valence-corrected chi connectivity index (χ0v) is 18.2. The van der Waals surface area contributed by atoms with Crippen LogP contribution in [0, 0.1) is 0 Å². The highest BCUT2D eigenvalue weighted by Gasteiger charge is 2.39. The number of rotatable bonds is 4. The molecule has 1 amide bonds. The van der Waals surface area contributed by atoms with E-state index in [0.717, 1.165) is 12.6 Å². The van der Waals surface area contributed by atoms with Crippen molar-refractivity contribution < 1.29 is 18.0 Å². The van der Waals surface area contributed by atoms with Crippen molar-refractivity contribution in [2.45, 2.75) is 12.7 Å². The smallest absolute Gasteiger partial charge is 0.302 e. The van der Waals surface area contributed by atoms with E-state index in [9.17, 15) is 18.0 Å². The number of nitrogens with zero attached hydrogens (tertiary/aromatic N) is 4. The molecule has 0 spiro atoms.